The summed E-state index contributed by atoms with van der Waals surface area (Å²) < 4.78 is 0. The number of benzene rings is 1. The number of para-hydroxylation sites is 1. The average molecular weight is 219 g/mol. The third-order valence-corrected chi connectivity index (χ3v) is 2.12. The second kappa shape index (κ2) is 6.08. The van der Waals surface area contributed by atoms with Gasteiger partial charge in [-0.15, -0.1) is 0 Å². The molecule has 86 valence electrons. The van der Waals surface area contributed by atoms with E-state index in [0.29, 0.717) is 11.9 Å². The number of aliphatic hydroxyl groups is 1. The van der Waals surface area contributed by atoms with Crippen molar-refractivity contribution in [3.8, 4) is 5.75 Å². The van der Waals surface area contributed by atoms with Crippen LogP contribution < -0.4 is 0 Å². The Hall–Kier alpha value is -1.61. The number of phenolic OH excluding ortho intramolecular Hbond substituents is 1. The largest absolute Gasteiger partial charge is 0.506 e. The minimum Gasteiger partial charge on any atom is -0.506 e. The molecule has 0 aliphatic heterocycles. The van der Waals surface area contributed by atoms with Crippen molar-refractivity contribution in [3.05, 3.63) is 36.0 Å². The van der Waals surface area contributed by atoms with Crippen molar-refractivity contribution < 1.29 is 10.2 Å². The van der Waals surface area contributed by atoms with E-state index in [-0.39, 0.29) is 12.4 Å². The third kappa shape index (κ3) is 2.70. The molecule has 3 heteroatoms. The molecule has 0 saturated heterocycles. The highest BCUT2D eigenvalue weighted by Crippen LogP contribution is 2.22. The van der Waals surface area contributed by atoms with Crippen LogP contribution in [0.4, 0.5) is 0 Å². The van der Waals surface area contributed by atoms with Crippen LogP contribution in [0, 0.1) is 0 Å². The monoisotopic (exact) mass is 219 g/mol. The molecule has 0 atom stereocenters. The summed E-state index contributed by atoms with van der Waals surface area (Å²) in [6.45, 7) is 4.08. The lowest BCUT2D eigenvalue weighted by Gasteiger charge is -2.02. The maximum atomic E-state index is 9.54. The summed E-state index contributed by atoms with van der Waals surface area (Å²) in [6.07, 6.45) is 0.518. The lowest BCUT2D eigenvalue weighted by molar-refractivity contribution is 0.298. The number of aromatic nitrogens is 1. The lowest BCUT2D eigenvalue weighted by Crippen LogP contribution is -1.94. The molecule has 0 amide bonds. The van der Waals surface area contributed by atoms with Crippen molar-refractivity contribution in [2.24, 2.45) is 0 Å². The Balaban J connectivity index is 0.000000606. The highest BCUT2D eigenvalue weighted by molar-refractivity contribution is 5.84. The first kappa shape index (κ1) is 12.5. The van der Waals surface area contributed by atoms with Crippen molar-refractivity contribution in [2.45, 2.75) is 20.3 Å². The molecule has 2 N–H and O–H groups in total. The summed E-state index contributed by atoms with van der Waals surface area (Å²) in [5.74, 6) is 0.183. The summed E-state index contributed by atoms with van der Waals surface area (Å²) in [5, 5.41) is 19.2. The van der Waals surface area contributed by atoms with E-state index < -0.39 is 0 Å². The van der Waals surface area contributed by atoms with Crippen molar-refractivity contribution in [3.63, 3.8) is 0 Å². The molecule has 1 heterocycles. The van der Waals surface area contributed by atoms with E-state index in [9.17, 15) is 5.11 Å². The van der Waals surface area contributed by atoms with Crippen LogP contribution in [0.15, 0.2) is 30.3 Å². The predicted octanol–water partition coefficient (Wildman–Crippen LogP) is 2.50. The van der Waals surface area contributed by atoms with Crippen molar-refractivity contribution in [2.75, 3.05) is 6.61 Å². The zero-order valence-electron chi connectivity index (χ0n) is 9.64. The zero-order valence-corrected chi connectivity index (χ0v) is 9.64. The van der Waals surface area contributed by atoms with E-state index in [4.69, 9.17) is 5.11 Å². The SMILES string of the molecule is CC.OCCc1ccc2cccc(O)c2n1. The van der Waals surface area contributed by atoms with E-state index in [0.717, 1.165) is 11.1 Å². The maximum Gasteiger partial charge on any atom is 0.141 e. The van der Waals surface area contributed by atoms with Gasteiger partial charge in [-0.05, 0) is 12.1 Å². The van der Waals surface area contributed by atoms with Crippen molar-refractivity contribution in [1.29, 1.82) is 0 Å². The number of fused-ring (bicyclic) bond motifs is 1. The first-order valence-electron chi connectivity index (χ1n) is 5.50. The second-order valence-electron chi connectivity index (χ2n) is 3.13. The van der Waals surface area contributed by atoms with Gasteiger partial charge < -0.3 is 10.2 Å². The minimum atomic E-state index is 0.0755. The summed E-state index contributed by atoms with van der Waals surface area (Å²) in [4.78, 5) is 4.25. The van der Waals surface area contributed by atoms with Crippen LogP contribution in [-0.4, -0.2) is 21.8 Å². The van der Waals surface area contributed by atoms with Crippen LogP contribution in [0.5, 0.6) is 5.75 Å². The number of pyridine rings is 1. The fourth-order valence-electron chi connectivity index (χ4n) is 1.43. The van der Waals surface area contributed by atoms with Crippen LogP contribution in [0.3, 0.4) is 0 Å². The van der Waals surface area contributed by atoms with E-state index in [2.05, 4.69) is 4.98 Å². The molecule has 0 radical (unpaired) electrons. The second-order valence-corrected chi connectivity index (χ2v) is 3.13. The smallest absolute Gasteiger partial charge is 0.141 e. The molecule has 0 aliphatic rings. The van der Waals surface area contributed by atoms with Gasteiger partial charge >= 0.3 is 0 Å². The predicted molar refractivity (Wildman–Crippen MR) is 65.5 cm³/mol. The third-order valence-electron chi connectivity index (χ3n) is 2.12. The summed E-state index contributed by atoms with van der Waals surface area (Å²) >= 11 is 0. The number of rotatable bonds is 2. The Morgan fingerprint density at radius 2 is 1.88 bits per heavy atom. The summed E-state index contributed by atoms with van der Waals surface area (Å²) in [5.41, 5.74) is 1.39. The highest BCUT2D eigenvalue weighted by atomic mass is 16.3. The van der Waals surface area contributed by atoms with Gasteiger partial charge in [0, 0.05) is 24.1 Å². The molecule has 0 bridgehead atoms. The average Bonchev–Trinajstić information content (AvgIpc) is 2.33. The number of phenols is 1. The van der Waals surface area contributed by atoms with Crippen LogP contribution in [0.25, 0.3) is 10.9 Å². The Kier molecular flexibility index (Phi) is 4.73. The molecule has 16 heavy (non-hydrogen) atoms. The first-order chi connectivity index (χ1) is 7.81. The van der Waals surface area contributed by atoms with Crippen LogP contribution in [0.1, 0.15) is 19.5 Å². The fourth-order valence-corrected chi connectivity index (χ4v) is 1.43. The van der Waals surface area contributed by atoms with Crippen molar-refractivity contribution in [1.82, 2.24) is 4.98 Å². The van der Waals surface area contributed by atoms with E-state index >= 15 is 0 Å². The Morgan fingerprint density at radius 1 is 1.12 bits per heavy atom. The van der Waals surface area contributed by atoms with Crippen molar-refractivity contribution >= 4 is 10.9 Å². The number of hydrogen-bond donors (Lipinski definition) is 2. The summed E-state index contributed by atoms with van der Waals surface area (Å²) in [7, 11) is 0. The maximum absolute atomic E-state index is 9.54. The summed E-state index contributed by atoms with van der Waals surface area (Å²) in [6, 6.07) is 9.04. The van der Waals surface area contributed by atoms with Gasteiger partial charge in [-0.1, -0.05) is 32.0 Å². The van der Waals surface area contributed by atoms with E-state index in [1.54, 1.807) is 12.1 Å². The van der Waals surface area contributed by atoms with Gasteiger partial charge in [-0.2, -0.15) is 0 Å². The molecule has 0 aliphatic carbocycles. The molecule has 0 fully saturated rings. The molecular weight excluding hydrogens is 202 g/mol. The quantitative estimate of drug-likeness (QED) is 0.816. The highest BCUT2D eigenvalue weighted by Gasteiger charge is 2.01. The molecule has 3 nitrogen and oxygen atoms in total. The van der Waals surface area contributed by atoms with Gasteiger partial charge in [0.2, 0.25) is 0 Å². The molecular formula is C13H17NO2. The number of aromatic hydroxyl groups is 1. The van der Waals surface area contributed by atoms with Gasteiger partial charge in [0.15, 0.2) is 0 Å². The van der Waals surface area contributed by atoms with Crippen LogP contribution in [-0.2, 0) is 6.42 Å². The Labute approximate surface area is 95.4 Å². The van der Waals surface area contributed by atoms with Crippen LogP contribution in [0.2, 0.25) is 0 Å². The minimum absolute atomic E-state index is 0.0755. The topological polar surface area (TPSA) is 53.4 Å². The molecule has 2 aromatic rings. The van der Waals surface area contributed by atoms with Gasteiger partial charge in [0.05, 0.1) is 0 Å². The molecule has 0 unspecified atom stereocenters. The molecule has 0 saturated carbocycles. The standard InChI is InChI=1S/C11H11NO2.C2H6/c13-7-6-9-5-4-8-2-1-3-10(14)11(8)12-9;1-2/h1-5,13-14H,6-7H2;1-2H3. The van der Waals surface area contributed by atoms with Gasteiger partial charge in [-0.25, -0.2) is 4.98 Å². The number of aliphatic hydroxyl groups excluding tert-OH is 1. The van der Waals surface area contributed by atoms with E-state index in [1.807, 2.05) is 32.0 Å². The molecule has 1 aromatic carbocycles. The molecule has 2 rings (SSSR count). The molecule has 0 spiro atoms. The van der Waals surface area contributed by atoms with Gasteiger partial charge in [0.25, 0.3) is 0 Å². The zero-order chi connectivity index (χ0) is 12.0. The van der Waals surface area contributed by atoms with Gasteiger partial charge in [-0.3, -0.25) is 0 Å². The van der Waals surface area contributed by atoms with Gasteiger partial charge in [0.1, 0.15) is 11.3 Å². The lowest BCUT2D eigenvalue weighted by atomic mass is 10.1. The normalized spacial score (nSPS) is 9.69. The van der Waals surface area contributed by atoms with E-state index in [1.165, 1.54) is 0 Å². The first-order valence-corrected chi connectivity index (χ1v) is 5.50. The Bertz CT molecular complexity index is 455. The van der Waals surface area contributed by atoms with Crippen LogP contribution >= 0.6 is 0 Å². The Morgan fingerprint density at radius 3 is 2.56 bits per heavy atom. The fraction of sp³-hybridized carbons (Fsp3) is 0.308. The number of nitrogens with zero attached hydrogens (tertiary/aromatic N) is 1. The molecule has 1 aromatic heterocycles. The number of hydrogen-bond acceptors (Lipinski definition) is 3.